The van der Waals surface area contributed by atoms with Crippen LogP contribution in [-0.4, -0.2) is 31.6 Å². The predicted octanol–water partition coefficient (Wildman–Crippen LogP) is 7.40. The average Bonchev–Trinajstić information content (AvgIpc) is 3.66. The van der Waals surface area contributed by atoms with Crippen molar-refractivity contribution in [2.24, 2.45) is 0 Å². The van der Waals surface area contributed by atoms with E-state index in [9.17, 15) is 17.2 Å². The zero-order valence-electron chi connectivity index (χ0n) is 22.8. The normalized spacial score (nSPS) is 10.9. The molecular weight excluding hydrogens is 607 g/mol. The standard InChI is InChI=1S/C16H11FN2O3S.C16H11FN2OS/c17-12-5-1-2-7-14(12)23(20,21)15-10-19-16-11(15)4-3-6-13(16)22-9-8-18;17-12-5-1-2-7-14(12)21-15-10-19-16-11(15)4-3-6-13(16)20-9-8-18/h1-7,10,19H,9H2;1-7,10,19H,9H2. The lowest BCUT2D eigenvalue weighted by Gasteiger charge is -2.06. The largest absolute Gasteiger partial charge is 0.477 e. The fourth-order valence-electron chi connectivity index (χ4n) is 4.40. The predicted molar refractivity (Wildman–Crippen MR) is 161 cm³/mol. The van der Waals surface area contributed by atoms with Crippen LogP contribution in [-0.2, 0) is 9.84 Å². The van der Waals surface area contributed by atoms with Crippen molar-refractivity contribution in [1.29, 1.82) is 10.5 Å². The number of fused-ring (bicyclic) bond motifs is 2. The Labute approximate surface area is 255 Å². The van der Waals surface area contributed by atoms with Crippen molar-refractivity contribution < 1.29 is 26.7 Å². The molecule has 2 aromatic heterocycles. The zero-order valence-corrected chi connectivity index (χ0v) is 24.4. The summed E-state index contributed by atoms with van der Waals surface area (Å²) in [6, 6.07) is 26.1. The molecule has 0 saturated carbocycles. The molecule has 0 saturated heterocycles. The Hall–Kier alpha value is -5.30. The Morgan fingerprint density at radius 3 is 1.86 bits per heavy atom. The minimum atomic E-state index is -4.02. The summed E-state index contributed by atoms with van der Waals surface area (Å²) in [6.45, 7) is -0.165. The second-order valence-electron chi connectivity index (χ2n) is 9.02. The third kappa shape index (κ3) is 6.22. The van der Waals surface area contributed by atoms with Gasteiger partial charge in [0.1, 0.15) is 40.2 Å². The number of sulfone groups is 1. The number of para-hydroxylation sites is 2. The number of H-pyrrole nitrogens is 2. The van der Waals surface area contributed by atoms with Crippen LogP contribution in [0.4, 0.5) is 8.78 Å². The molecule has 0 aliphatic carbocycles. The van der Waals surface area contributed by atoms with Crippen molar-refractivity contribution >= 4 is 43.4 Å². The maximum atomic E-state index is 13.9. The van der Waals surface area contributed by atoms with E-state index in [0.29, 0.717) is 27.3 Å². The molecule has 2 N–H and O–H groups in total. The van der Waals surface area contributed by atoms with Crippen LogP contribution in [0.5, 0.6) is 11.5 Å². The van der Waals surface area contributed by atoms with Gasteiger partial charge in [-0.3, -0.25) is 0 Å². The van der Waals surface area contributed by atoms with E-state index < -0.39 is 15.7 Å². The van der Waals surface area contributed by atoms with E-state index in [1.54, 1.807) is 36.4 Å². The Morgan fingerprint density at radius 2 is 1.23 bits per heavy atom. The van der Waals surface area contributed by atoms with Crippen LogP contribution in [0.15, 0.2) is 117 Å². The molecule has 8 nitrogen and oxygen atoms in total. The number of halogens is 2. The molecule has 2 heterocycles. The van der Waals surface area contributed by atoms with E-state index >= 15 is 0 Å². The third-order valence-electron chi connectivity index (χ3n) is 6.34. The minimum absolute atomic E-state index is 0.00603. The third-order valence-corrected chi connectivity index (χ3v) is 9.27. The first-order valence-electron chi connectivity index (χ1n) is 13.0. The number of hydrogen-bond donors (Lipinski definition) is 2. The number of benzene rings is 4. The lowest BCUT2D eigenvalue weighted by atomic mass is 10.2. The maximum absolute atomic E-state index is 13.9. The van der Waals surface area contributed by atoms with E-state index in [1.165, 1.54) is 42.2 Å². The second kappa shape index (κ2) is 13.3. The number of hydrogen-bond acceptors (Lipinski definition) is 7. The number of aromatic nitrogens is 2. The van der Waals surface area contributed by atoms with Crippen molar-refractivity contribution in [3.63, 3.8) is 0 Å². The highest BCUT2D eigenvalue weighted by molar-refractivity contribution is 7.99. The monoisotopic (exact) mass is 628 g/mol. The smallest absolute Gasteiger partial charge is 0.211 e. The van der Waals surface area contributed by atoms with Crippen LogP contribution in [0.1, 0.15) is 0 Å². The van der Waals surface area contributed by atoms with Gasteiger partial charge in [0.2, 0.25) is 9.84 Å². The number of aromatic amines is 2. The van der Waals surface area contributed by atoms with Gasteiger partial charge in [-0.2, -0.15) is 10.5 Å². The Balaban J connectivity index is 0.000000175. The van der Waals surface area contributed by atoms with Crippen molar-refractivity contribution in [3.05, 3.63) is 109 Å². The number of nitrogens with one attached hydrogen (secondary N) is 2. The van der Waals surface area contributed by atoms with Crippen molar-refractivity contribution in [2.45, 2.75) is 19.6 Å². The molecule has 4 aromatic carbocycles. The summed E-state index contributed by atoms with van der Waals surface area (Å²) < 4.78 is 63.7. The zero-order chi connectivity index (χ0) is 31.1. The number of rotatable bonds is 8. The van der Waals surface area contributed by atoms with Gasteiger partial charge in [-0.1, -0.05) is 60.3 Å². The van der Waals surface area contributed by atoms with Crippen molar-refractivity contribution in [1.82, 2.24) is 9.97 Å². The molecule has 6 rings (SSSR count). The highest BCUT2D eigenvalue weighted by atomic mass is 32.2. The highest BCUT2D eigenvalue weighted by Crippen LogP contribution is 2.37. The van der Waals surface area contributed by atoms with E-state index in [4.69, 9.17) is 20.0 Å². The Kier molecular flexibility index (Phi) is 9.15. The fourth-order valence-corrected chi connectivity index (χ4v) is 6.84. The minimum Gasteiger partial charge on any atom is -0.477 e. The van der Waals surface area contributed by atoms with E-state index in [0.717, 1.165) is 21.9 Å². The van der Waals surface area contributed by atoms with Crippen LogP contribution in [0.2, 0.25) is 0 Å². The average molecular weight is 629 g/mol. The van der Waals surface area contributed by atoms with Crippen LogP contribution in [0.25, 0.3) is 21.8 Å². The summed E-state index contributed by atoms with van der Waals surface area (Å²) >= 11 is 1.36. The van der Waals surface area contributed by atoms with Gasteiger partial charge in [0.25, 0.3) is 0 Å². The summed E-state index contributed by atoms with van der Waals surface area (Å²) in [7, 11) is -4.02. The van der Waals surface area contributed by atoms with Gasteiger partial charge >= 0.3 is 0 Å². The Morgan fingerprint density at radius 1 is 0.659 bits per heavy atom. The Bertz CT molecular complexity index is 2150. The van der Waals surface area contributed by atoms with Crippen LogP contribution in [0.3, 0.4) is 0 Å². The van der Waals surface area contributed by atoms with Gasteiger partial charge in [0.15, 0.2) is 13.2 Å². The quantitative estimate of drug-likeness (QED) is 0.179. The number of nitrogens with zero attached hydrogens (tertiary/aromatic N) is 2. The maximum Gasteiger partial charge on any atom is 0.211 e. The SMILES string of the molecule is N#CCOc1cccc2c(S(=O)(=O)c3ccccc3F)c[nH]c12.N#CCOc1cccc2c(Sc3ccccc3F)c[nH]c12. The van der Waals surface area contributed by atoms with E-state index in [-0.39, 0.29) is 28.8 Å². The molecule has 0 amide bonds. The molecule has 6 aromatic rings. The van der Waals surface area contributed by atoms with Gasteiger partial charge in [-0.25, -0.2) is 17.2 Å². The molecule has 0 aliphatic rings. The van der Waals surface area contributed by atoms with Gasteiger partial charge in [-0.15, -0.1) is 0 Å². The van der Waals surface area contributed by atoms with Crippen molar-refractivity contribution in [2.75, 3.05) is 13.2 Å². The number of ether oxygens (including phenoxy) is 2. The van der Waals surface area contributed by atoms with Crippen LogP contribution >= 0.6 is 11.8 Å². The van der Waals surface area contributed by atoms with Gasteiger partial charge in [0.05, 0.1) is 15.9 Å². The molecule has 0 bridgehead atoms. The van der Waals surface area contributed by atoms with Gasteiger partial charge in [0, 0.05) is 33.0 Å². The molecule has 0 radical (unpaired) electrons. The van der Waals surface area contributed by atoms with E-state index in [1.807, 2.05) is 36.5 Å². The van der Waals surface area contributed by atoms with Crippen LogP contribution in [0, 0.1) is 34.3 Å². The lowest BCUT2D eigenvalue weighted by Crippen LogP contribution is -2.03. The van der Waals surface area contributed by atoms with Crippen LogP contribution < -0.4 is 9.47 Å². The molecule has 0 unspecified atom stereocenters. The topological polar surface area (TPSA) is 132 Å². The second-order valence-corrected chi connectivity index (χ2v) is 12.0. The highest BCUT2D eigenvalue weighted by Gasteiger charge is 2.25. The first-order chi connectivity index (χ1) is 21.3. The summed E-state index contributed by atoms with van der Waals surface area (Å²) in [5.74, 6) is -0.0686. The summed E-state index contributed by atoms with van der Waals surface area (Å²) in [5, 5.41) is 18.5. The molecule has 0 spiro atoms. The van der Waals surface area contributed by atoms with Crippen molar-refractivity contribution in [3.8, 4) is 23.6 Å². The molecule has 0 fully saturated rings. The van der Waals surface area contributed by atoms with Gasteiger partial charge in [-0.05, 0) is 36.4 Å². The number of nitriles is 2. The molecule has 0 atom stereocenters. The molecule has 44 heavy (non-hydrogen) atoms. The fraction of sp³-hybridized carbons (Fsp3) is 0.0625. The first-order valence-corrected chi connectivity index (χ1v) is 15.3. The van der Waals surface area contributed by atoms with E-state index in [2.05, 4.69) is 9.97 Å². The summed E-state index contributed by atoms with van der Waals surface area (Å²) in [4.78, 5) is 7.01. The molecular formula is C32H22F2N4O4S2. The molecule has 0 aliphatic heterocycles. The summed E-state index contributed by atoms with van der Waals surface area (Å²) in [6.07, 6.45) is 3.12. The molecule has 220 valence electrons. The molecule has 12 heteroatoms. The summed E-state index contributed by atoms with van der Waals surface area (Å²) in [5.41, 5.74) is 1.25. The first kappa shape index (κ1) is 30.2. The lowest BCUT2D eigenvalue weighted by molar-refractivity contribution is 0.372. The van der Waals surface area contributed by atoms with Gasteiger partial charge < -0.3 is 19.4 Å².